The Morgan fingerprint density at radius 1 is 1.44 bits per heavy atom. The number of hydrogen-bond acceptors (Lipinski definition) is 2. The summed E-state index contributed by atoms with van der Waals surface area (Å²) in [7, 11) is 0. The number of rotatable bonds is 6. The standard InChI is InChI=1S/C14H19ClFNO/c15-12-3-4-13(16)11(5-12)7-14(8-17,9-18)6-10-1-2-10/h3-5,10,18H,1-2,6-9,17H2. The number of aliphatic hydroxyl groups excluding tert-OH is 1. The molecule has 1 saturated carbocycles. The van der Waals surface area contributed by atoms with Gasteiger partial charge in [-0.15, -0.1) is 0 Å². The molecule has 0 bridgehead atoms. The SMILES string of the molecule is NCC(CO)(Cc1cc(Cl)ccc1F)CC1CC1. The fraction of sp³-hybridized carbons (Fsp3) is 0.571. The molecule has 1 aromatic rings. The van der Waals surface area contributed by atoms with Gasteiger partial charge < -0.3 is 10.8 Å². The number of halogens is 2. The summed E-state index contributed by atoms with van der Waals surface area (Å²) in [6.45, 7) is 0.359. The summed E-state index contributed by atoms with van der Waals surface area (Å²) >= 11 is 5.89. The lowest BCUT2D eigenvalue weighted by Crippen LogP contribution is -2.37. The Morgan fingerprint density at radius 2 is 2.17 bits per heavy atom. The molecule has 1 aliphatic carbocycles. The minimum atomic E-state index is -0.410. The van der Waals surface area contributed by atoms with Crippen LogP contribution in [0.1, 0.15) is 24.8 Å². The van der Waals surface area contributed by atoms with E-state index in [1.807, 2.05) is 0 Å². The van der Waals surface area contributed by atoms with Gasteiger partial charge in [-0.2, -0.15) is 0 Å². The smallest absolute Gasteiger partial charge is 0.126 e. The lowest BCUT2D eigenvalue weighted by Gasteiger charge is -2.31. The molecule has 2 rings (SSSR count). The molecule has 0 heterocycles. The highest BCUT2D eigenvalue weighted by Crippen LogP contribution is 2.41. The molecule has 1 aromatic carbocycles. The van der Waals surface area contributed by atoms with Gasteiger partial charge in [0.05, 0.1) is 6.61 Å². The molecule has 3 N–H and O–H groups in total. The fourth-order valence-electron chi connectivity index (χ4n) is 2.43. The first-order valence-corrected chi connectivity index (χ1v) is 6.71. The van der Waals surface area contributed by atoms with Crippen molar-refractivity contribution in [3.8, 4) is 0 Å². The van der Waals surface area contributed by atoms with Crippen LogP contribution in [0.3, 0.4) is 0 Å². The van der Waals surface area contributed by atoms with E-state index in [9.17, 15) is 9.50 Å². The summed E-state index contributed by atoms with van der Waals surface area (Å²) in [5.41, 5.74) is 5.95. The van der Waals surface area contributed by atoms with Gasteiger partial charge in [-0.05, 0) is 42.5 Å². The molecule has 18 heavy (non-hydrogen) atoms. The van der Waals surface area contributed by atoms with Crippen LogP contribution < -0.4 is 5.73 Å². The molecule has 2 nitrogen and oxygen atoms in total. The predicted molar refractivity (Wildman–Crippen MR) is 71.0 cm³/mol. The zero-order valence-electron chi connectivity index (χ0n) is 10.3. The first kappa shape index (κ1) is 13.8. The quantitative estimate of drug-likeness (QED) is 0.836. The van der Waals surface area contributed by atoms with E-state index in [4.69, 9.17) is 17.3 Å². The number of hydrogen-bond donors (Lipinski definition) is 2. The van der Waals surface area contributed by atoms with Gasteiger partial charge in [0.1, 0.15) is 5.82 Å². The first-order valence-electron chi connectivity index (χ1n) is 6.33. The van der Waals surface area contributed by atoms with Crippen LogP contribution in [0.5, 0.6) is 0 Å². The Labute approximate surface area is 112 Å². The van der Waals surface area contributed by atoms with Crippen molar-refractivity contribution in [3.63, 3.8) is 0 Å². The summed E-state index contributed by atoms with van der Waals surface area (Å²) in [4.78, 5) is 0. The zero-order chi connectivity index (χ0) is 13.2. The van der Waals surface area contributed by atoms with Crippen LogP contribution in [-0.2, 0) is 6.42 Å². The monoisotopic (exact) mass is 271 g/mol. The summed E-state index contributed by atoms with van der Waals surface area (Å²) < 4.78 is 13.7. The first-order chi connectivity index (χ1) is 8.58. The third kappa shape index (κ3) is 3.22. The number of nitrogens with two attached hydrogens (primary N) is 1. The van der Waals surface area contributed by atoms with E-state index in [0.717, 1.165) is 6.42 Å². The number of benzene rings is 1. The average Bonchev–Trinajstić information content (AvgIpc) is 3.16. The van der Waals surface area contributed by atoms with E-state index in [1.165, 1.54) is 25.0 Å². The van der Waals surface area contributed by atoms with Crippen LogP contribution in [0, 0.1) is 17.2 Å². The largest absolute Gasteiger partial charge is 0.396 e. The summed E-state index contributed by atoms with van der Waals surface area (Å²) in [5.74, 6) is 0.365. The van der Waals surface area contributed by atoms with Gasteiger partial charge >= 0.3 is 0 Å². The van der Waals surface area contributed by atoms with E-state index < -0.39 is 5.41 Å². The minimum absolute atomic E-state index is 0.00798. The van der Waals surface area contributed by atoms with Gasteiger partial charge in [-0.1, -0.05) is 24.4 Å². The van der Waals surface area contributed by atoms with E-state index in [2.05, 4.69) is 0 Å². The van der Waals surface area contributed by atoms with Crippen LogP contribution in [0.4, 0.5) is 4.39 Å². The lowest BCUT2D eigenvalue weighted by atomic mass is 9.77. The van der Waals surface area contributed by atoms with Crippen molar-refractivity contribution in [2.45, 2.75) is 25.7 Å². The van der Waals surface area contributed by atoms with E-state index in [-0.39, 0.29) is 12.4 Å². The summed E-state index contributed by atoms with van der Waals surface area (Å²) in [6.07, 6.45) is 3.70. The van der Waals surface area contributed by atoms with Crippen molar-refractivity contribution in [3.05, 3.63) is 34.6 Å². The maximum Gasteiger partial charge on any atom is 0.126 e. The summed E-state index contributed by atoms with van der Waals surface area (Å²) in [5, 5.41) is 10.2. The van der Waals surface area contributed by atoms with Crippen LogP contribution in [-0.4, -0.2) is 18.3 Å². The van der Waals surface area contributed by atoms with E-state index in [0.29, 0.717) is 29.5 Å². The lowest BCUT2D eigenvalue weighted by molar-refractivity contribution is 0.115. The van der Waals surface area contributed by atoms with Crippen molar-refractivity contribution in [2.24, 2.45) is 17.1 Å². The Hall–Kier alpha value is -0.640. The second-order valence-electron chi connectivity index (χ2n) is 5.42. The zero-order valence-corrected chi connectivity index (χ0v) is 11.1. The third-order valence-electron chi connectivity index (χ3n) is 3.76. The molecule has 1 unspecified atom stereocenters. The van der Waals surface area contributed by atoms with E-state index in [1.54, 1.807) is 6.07 Å². The topological polar surface area (TPSA) is 46.2 Å². The average molecular weight is 272 g/mol. The van der Waals surface area contributed by atoms with Gasteiger partial charge in [0.25, 0.3) is 0 Å². The molecular weight excluding hydrogens is 253 g/mol. The highest BCUT2D eigenvalue weighted by atomic mass is 35.5. The molecule has 0 spiro atoms. The molecular formula is C14H19ClFNO. The van der Waals surface area contributed by atoms with Crippen molar-refractivity contribution in [1.29, 1.82) is 0 Å². The Bertz CT molecular complexity index is 416. The van der Waals surface area contributed by atoms with Gasteiger partial charge in [-0.25, -0.2) is 4.39 Å². The molecule has 1 fully saturated rings. The van der Waals surface area contributed by atoms with Gasteiger partial charge in [-0.3, -0.25) is 0 Å². The maximum atomic E-state index is 13.7. The van der Waals surface area contributed by atoms with E-state index >= 15 is 0 Å². The molecule has 0 aromatic heterocycles. The third-order valence-corrected chi connectivity index (χ3v) is 4.00. The second kappa shape index (κ2) is 5.55. The Balaban J connectivity index is 2.18. The van der Waals surface area contributed by atoms with Crippen molar-refractivity contribution in [2.75, 3.05) is 13.2 Å². The van der Waals surface area contributed by atoms with Crippen LogP contribution in [0.15, 0.2) is 18.2 Å². The molecule has 1 aliphatic rings. The Morgan fingerprint density at radius 3 is 2.72 bits per heavy atom. The highest BCUT2D eigenvalue weighted by molar-refractivity contribution is 6.30. The maximum absolute atomic E-state index is 13.7. The highest BCUT2D eigenvalue weighted by Gasteiger charge is 2.36. The van der Waals surface area contributed by atoms with Crippen LogP contribution in [0.25, 0.3) is 0 Å². The number of aliphatic hydroxyl groups is 1. The molecule has 4 heteroatoms. The van der Waals surface area contributed by atoms with Crippen LogP contribution in [0.2, 0.25) is 5.02 Å². The van der Waals surface area contributed by atoms with Gasteiger partial charge in [0.15, 0.2) is 0 Å². The summed E-state index contributed by atoms with van der Waals surface area (Å²) in [6, 6.07) is 4.53. The molecule has 1 atom stereocenters. The molecule has 0 amide bonds. The van der Waals surface area contributed by atoms with Crippen molar-refractivity contribution < 1.29 is 9.50 Å². The molecule has 0 radical (unpaired) electrons. The van der Waals surface area contributed by atoms with Crippen LogP contribution >= 0.6 is 11.6 Å². The Kier molecular flexibility index (Phi) is 4.25. The predicted octanol–water partition coefficient (Wildman–Crippen LogP) is 2.76. The second-order valence-corrected chi connectivity index (χ2v) is 5.86. The fourth-order valence-corrected chi connectivity index (χ4v) is 2.62. The minimum Gasteiger partial charge on any atom is -0.396 e. The van der Waals surface area contributed by atoms with Gasteiger partial charge in [0.2, 0.25) is 0 Å². The molecule has 100 valence electrons. The van der Waals surface area contributed by atoms with Crippen molar-refractivity contribution >= 4 is 11.6 Å². The van der Waals surface area contributed by atoms with Gasteiger partial charge in [0, 0.05) is 17.0 Å². The molecule has 0 saturated heterocycles. The normalized spacial score (nSPS) is 18.7. The van der Waals surface area contributed by atoms with Crippen molar-refractivity contribution in [1.82, 2.24) is 0 Å². The molecule has 0 aliphatic heterocycles.